The first-order chi connectivity index (χ1) is 13.9. The minimum absolute atomic E-state index is 0.0888. The molecule has 0 spiro atoms. The normalized spacial score (nSPS) is 10.4. The molecule has 2 aromatic carbocycles. The number of amides is 2. The van der Waals surface area contributed by atoms with Gasteiger partial charge >= 0.3 is 0 Å². The summed E-state index contributed by atoms with van der Waals surface area (Å²) in [6, 6.07) is 12.5. The highest BCUT2D eigenvalue weighted by molar-refractivity contribution is 7.80. The maximum atomic E-state index is 12.6. The molecule has 9 heteroatoms. The summed E-state index contributed by atoms with van der Waals surface area (Å²) in [4.78, 5) is 24.5. The van der Waals surface area contributed by atoms with Crippen molar-refractivity contribution in [2.24, 2.45) is 0 Å². The summed E-state index contributed by atoms with van der Waals surface area (Å²) in [7, 11) is 1.58. The van der Waals surface area contributed by atoms with Crippen LogP contribution in [0, 0.1) is 0 Å². The number of hydrogen-bond acceptors (Lipinski definition) is 5. The second kappa shape index (κ2) is 9.21. The third kappa shape index (κ3) is 5.03. The largest absolute Gasteiger partial charge is 0.497 e. The smallest absolute Gasteiger partial charge is 0.269 e. The van der Waals surface area contributed by atoms with E-state index in [1.807, 2.05) is 12.1 Å². The molecule has 29 heavy (non-hydrogen) atoms. The van der Waals surface area contributed by atoms with Gasteiger partial charge < -0.3 is 15.4 Å². The fourth-order valence-electron chi connectivity index (χ4n) is 2.56. The number of hydrogen-bond donors (Lipinski definition) is 3. The van der Waals surface area contributed by atoms with Gasteiger partial charge in [0.05, 0.1) is 12.1 Å². The van der Waals surface area contributed by atoms with E-state index >= 15 is 0 Å². The monoisotopic (exact) mass is 447 g/mol. The molecule has 150 valence electrons. The summed E-state index contributed by atoms with van der Waals surface area (Å²) in [5.74, 6) is 0.201. The molecule has 0 fully saturated rings. The van der Waals surface area contributed by atoms with Gasteiger partial charge in [0.2, 0.25) is 5.91 Å². The van der Waals surface area contributed by atoms with Crippen LogP contribution >= 0.6 is 35.2 Å². The molecule has 0 aliphatic heterocycles. The molecular weight excluding hydrogens is 430 g/mol. The molecule has 3 aromatic rings. The van der Waals surface area contributed by atoms with E-state index in [-0.39, 0.29) is 11.0 Å². The van der Waals surface area contributed by atoms with Gasteiger partial charge in [0.1, 0.15) is 10.6 Å². The van der Waals surface area contributed by atoms with E-state index in [9.17, 15) is 9.59 Å². The Labute approximate surface area is 182 Å². The van der Waals surface area contributed by atoms with E-state index in [0.717, 1.165) is 10.1 Å². The van der Waals surface area contributed by atoms with Gasteiger partial charge in [0.25, 0.3) is 5.91 Å². The number of thiocarbonyl (C=S) groups is 1. The van der Waals surface area contributed by atoms with Crippen LogP contribution in [0.4, 0.5) is 11.4 Å². The molecule has 0 unspecified atom stereocenters. The Morgan fingerprint density at radius 2 is 1.86 bits per heavy atom. The second-order valence-corrected chi connectivity index (χ2v) is 7.84. The van der Waals surface area contributed by atoms with E-state index in [2.05, 4.69) is 16.0 Å². The molecule has 0 saturated heterocycles. The number of thiophene rings is 1. The number of carbonyl (C=O) groups is 2. The zero-order valence-corrected chi connectivity index (χ0v) is 18.1. The molecule has 6 nitrogen and oxygen atoms in total. The first-order valence-electron chi connectivity index (χ1n) is 8.69. The highest BCUT2D eigenvalue weighted by Crippen LogP contribution is 2.37. The van der Waals surface area contributed by atoms with E-state index in [4.69, 9.17) is 28.6 Å². The number of carbonyl (C=O) groups excluding carboxylic acids is 2. The van der Waals surface area contributed by atoms with Crippen molar-refractivity contribution in [1.29, 1.82) is 0 Å². The number of fused-ring (bicyclic) bond motifs is 1. The lowest BCUT2D eigenvalue weighted by Crippen LogP contribution is -2.33. The molecule has 3 N–H and O–H groups in total. The summed E-state index contributed by atoms with van der Waals surface area (Å²) < 4.78 is 6.05. The van der Waals surface area contributed by atoms with E-state index < -0.39 is 5.91 Å². The summed E-state index contributed by atoms with van der Waals surface area (Å²) in [5.41, 5.74) is 1.27. The molecule has 0 saturated carbocycles. The van der Waals surface area contributed by atoms with Crippen LogP contribution in [0.25, 0.3) is 10.1 Å². The van der Waals surface area contributed by atoms with Crippen LogP contribution in [0.1, 0.15) is 23.0 Å². The number of anilines is 2. The Hall–Kier alpha value is -2.68. The van der Waals surface area contributed by atoms with Crippen LogP contribution in [0.5, 0.6) is 5.75 Å². The van der Waals surface area contributed by atoms with Gasteiger partial charge in [-0.05, 0) is 48.6 Å². The molecule has 0 aliphatic carbocycles. The molecular formula is C20H18ClN3O3S2. The molecule has 0 radical (unpaired) electrons. The van der Waals surface area contributed by atoms with Crippen LogP contribution in [0.2, 0.25) is 5.02 Å². The number of halogens is 1. The SMILES string of the molecule is CCC(=O)Nc1cccc(NC(=S)NC(=O)c2sc3cc(OC)ccc3c2Cl)c1. The van der Waals surface area contributed by atoms with Crippen molar-refractivity contribution in [1.82, 2.24) is 5.32 Å². The molecule has 0 aliphatic rings. The van der Waals surface area contributed by atoms with Gasteiger partial charge in [-0.1, -0.05) is 24.6 Å². The number of methoxy groups -OCH3 is 1. The third-order valence-corrected chi connectivity index (χ3v) is 5.86. The summed E-state index contributed by atoms with van der Waals surface area (Å²) in [6.07, 6.45) is 0.383. The average Bonchev–Trinajstić information content (AvgIpc) is 3.04. The van der Waals surface area contributed by atoms with Crippen LogP contribution in [0.3, 0.4) is 0 Å². The van der Waals surface area contributed by atoms with Crippen molar-refractivity contribution in [2.75, 3.05) is 17.7 Å². The predicted octanol–water partition coefficient (Wildman–Crippen LogP) is 5.04. The van der Waals surface area contributed by atoms with Crippen molar-refractivity contribution in [2.45, 2.75) is 13.3 Å². The van der Waals surface area contributed by atoms with Gasteiger partial charge in [0.15, 0.2) is 5.11 Å². The van der Waals surface area contributed by atoms with Gasteiger partial charge in [-0.3, -0.25) is 14.9 Å². The van der Waals surface area contributed by atoms with E-state index in [1.54, 1.807) is 44.4 Å². The fraction of sp³-hybridized carbons (Fsp3) is 0.150. The molecule has 1 aromatic heterocycles. The van der Waals surface area contributed by atoms with Crippen molar-refractivity contribution >= 4 is 73.5 Å². The highest BCUT2D eigenvalue weighted by atomic mass is 35.5. The first-order valence-corrected chi connectivity index (χ1v) is 10.3. The highest BCUT2D eigenvalue weighted by Gasteiger charge is 2.18. The number of benzene rings is 2. The molecule has 1 heterocycles. The molecule has 2 amide bonds. The fourth-order valence-corrected chi connectivity index (χ4v) is 4.22. The third-order valence-electron chi connectivity index (χ3n) is 4.00. The standard InChI is InChI=1S/C20H18ClN3O3S2/c1-3-16(25)22-11-5-4-6-12(9-11)23-20(28)24-19(26)18-17(21)14-8-7-13(27-2)10-15(14)29-18/h4-10H,3H2,1-2H3,(H,22,25)(H2,23,24,26,28). The Bertz CT molecular complexity index is 1100. The van der Waals surface area contributed by atoms with Gasteiger partial charge in [-0.2, -0.15) is 0 Å². The zero-order chi connectivity index (χ0) is 21.0. The van der Waals surface area contributed by atoms with Crippen LogP contribution in [-0.4, -0.2) is 24.0 Å². The Morgan fingerprint density at radius 1 is 1.14 bits per heavy atom. The Morgan fingerprint density at radius 3 is 2.55 bits per heavy atom. The topological polar surface area (TPSA) is 79.5 Å². The lowest BCUT2D eigenvalue weighted by atomic mass is 10.2. The number of rotatable bonds is 5. The van der Waals surface area contributed by atoms with E-state index in [1.165, 1.54) is 11.3 Å². The van der Waals surface area contributed by atoms with Crippen LogP contribution in [0.15, 0.2) is 42.5 Å². The molecule has 3 rings (SSSR count). The minimum Gasteiger partial charge on any atom is -0.497 e. The quantitative estimate of drug-likeness (QED) is 0.477. The van der Waals surface area contributed by atoms with Gasteiger partial charge in [-0.25, -0.2) is 0 Å². The Balaban J connectivity index is 1.70. The average molecular weight is 448 g/mol. The van der Waals surface area contributed by atoms with Crippen LogP contribution in [-0.2, 0) is 4.79 Å². The van der Waals surface area contributed by atoms with Crippen molar-refractivity contribution < 1.29 is 14.3 Å². The zero-order valence-electron chi connectivity index (χ0n) is 15.7. The molecule has 0 atom stereocenters. The molecule has 0 bridgehead atoms. The van der Waals surface area contributed by atoms with Crippen molar-refractivity contribution in [3.05, 3.63) is 52.4 Å². The summed E-state index contributed by atoms with van der Waals surface area (Å²) >= 11 is 12.9. The van der Waals surface area contributed by atoms with Crippen molar-refractivity contribution in [3.63, 3.8) is 0 Å². The lowest BCUT2D eigenvalue weighted by molar-refractivity contribution is -0.115. The first kappa shape index (κ1) is 21.0. The number of nitrogens with one attached hydrogen (secondary N) is 3. The second-order valence-electron chi connectivity index (χ2n) is 6.00. The minimum atomic E-state index is -0.400. The maximum absolute atomic E-state index is 12.6. The van der Waals surface area contributed by atoms with Crippen LogP contribution < -0.4 is 20.7 Å². The number of ether oxygens (including phenoxy) is 1. The van der Waals surface area contributed by atoms with Gasteiger partial charge in [0, 0.05) is 27.9 Å². The maximum Gasteiger partial charge on any atom is 0.269 e. The lowest BCUT2D eigenvalue weighted by Gasteiger charge is -2.11. The Kier molecular flexibility index (Phi) is 6.68. The van der Waals surface area contributed by atoms with Crippen molar-refractivity contribution in [3.8, 4) is 5.75 Å². The van der Waals surface area contributed by atoms with Gasteiger partial charge in [-0.15, -0.1) is 11.3 Å². The van der Waals surface area contributed by atoms with E-state index in [0.29, 0.717) is 33.4 Å². The summed E-state index contributed by atoms with van der Waals surface area (Å²) in [6.45, 7) is 1.78. The summed E-state index contributed by atoms with van der Waals surface area (Å²) in [5, 5.41) is 9.61. The predicted molar refractivity (Wildman–Crippen MR) is 122 cm³/mol.